The fourth-order valence-electron chi connectivity index (χ4n) is 2.88. The molecule has 0 amide bonds. The topological polar surface area (TPSA) is 43.4 Å². The van der Waals surface area contributed by atoms with E-state index in [9.17, 15) is 9.90 Å². The fraction of sp³-hybridized carbons (Fsp3) is 0.350. The van der Waals surface area contributed by atoms with Gasteiger partial charge in [-0.15, -0.1) is 0 Å². The molecule has 0 saturated carbocycles. The first-order chi connectivity index (χ1) is 10.9. The summed E-state index contributed by atoms with van der Waals surface area (Å²) in [6.45, 7) is 7.20. The summed E-state index contributed by atoms with van der Waals surface area (Å²) in [6, 6.07) is 6.62. The zero-order valence-electron chi connectivity index (χ0n) is 14.3. The highest BCUT2D eigenvalue weighted by atomic mass is 16.4. The Kier molecular flexibility index (Phi) is 5.43. The minimum atomic E-state index is -1.17. The smallest absolute Gasteiger partial charge is 0.0645 e. The van der Waals surface area contributed by atoms with E-state index in [-0.39, 0.29) is 0 Å². The van der Waals surface area contributed by atoms with E-state index in [0.717, 1.165) is 18.2 Å². The summed E-state index contributed by atoms with van der Waals surface area (Å²) in [5, 5.41) is 10.5. The number of carbonyl (C=O) groups excluding carboxylic acids is 1. The first-order valence-corrected chi connectivity index (χ1v) is 7.98. The number of hydrogen-bond donors (Lipinski definition) is 0. The molecule has 0 saturated heterocycles. The van der Waals surface area contributed by atoms with Gasteiger partial charge in [0.25, 0.3) is 0 Å². The number of carbonyl (C=O) groups is 1. The lowest BCUT2D eigenvalue weighted by molar-refractivity contribution is -0.297. The zero-order chi connectivity index (χ0) is 17.0. The van der Waals surface area contributed by atoms with Gasteiger partial charge in [0.15, 0.2) is 0 Å². The van der Waals surface area contributed by atoms with Gasteiger partial charge in [-0.05, 0) is 66.7 Å². The molecule has 2 rings (SSSR count). The van der Waals surface area contributed by atoms with Crippen LogP contribution < -0.4 is 10.0 Å². The lowest BCUT2D eigenvalue weighted by Crippen LogP contribution is -2.26. The molecule has 1 aromatic rings. The van der Waals surface area contributed by atoms with Gasteiger partial charge in [0, 0.05) is 19.3 Å². The van der Waals surface area contributed by atoms with Crippen molar-refractivity contribution in [3.8, 4) is 0 Å². The van der Waals surface area contributed by atoms with Crippen LogP contribution in [0.2, 0.25) is 0 Å². The van der Waals surface area contributed by atoms with E-state index < -0.39 is 5.97 Å². The molecule has 0 spiro atoms. The van der Waals surface area contributed by atoms with Crippen molar-refractivity contribution in [1.82, 2.24) is 0 Å². The number of nitrogens with zero attached hydrogens (tertiary/aromatic N) is 1. The summed E-state index contributed by atoms with van der Waals surface area (Å²) in [7, 11) is 2.14. The summed E-state index contributed by atoms with van der Waals surface area (Å²) in [5.74, 6) is -0.585. The van der Waals surface area contributed by atoms with E-state index in [4.69, 9.17) is 0 Å². The molecule has 3 nitrogen and oxygen atoms in total. The summed E-state index contributed by atoms with van der Waals surface area (Å²) >= 11 is 0. The van der Waals surface area contributed by atoms with Crippen molar-refractivity contribution in [2.45, 2.75) is 33.1 Å². The van der Waals surface area contributed by atoms with Crippen LogP contribution in [0.4, 0.5) is 5.69 Å². The lowest BCUT2D eigenvalue weighted by Gasteiger charge is -2.32. The van der Waals surface area contributed by atoms with Crippen molar-refractivity contribution in [3.63, 3.8) is 0 Å². The fourth-order valence-corrected chi connectivity index (χ4v) is 2.88. The molecule has 0 fully saturated rings. The van der Waals surface area contributed by atoms with Gasteiger partial charge in [-0.3, -0.25) is 0 Å². The Balaban J connectivity index is 2.22. The molecule has 1 aromatic carbocycles. The van der Waals surface area contributed by atoms with Crippen molar-refractivity contribution in [2.75, 3.05) is 18.5 Å². The van der Waals surface area contributed by atoms with Gasteiger partial charge in [-0.1, -0.05) is 31.2 Å². The molecule has 1 aliphatic heterocycles. The normalized spacial score (nSPS) is 19.1. The van der Waals surface area contributed by atoms with Crippen molar-refractivity contribution < 1.29 is 9.90 Å². The Bertz CT molecular complexity index is 683. The summed E-state index contributed by atoms with van der Waals surface area (Å²) < 4.78 is 0. The molecule has 1 unspecified atom stereocenters. The molecule has 0 aromatic heterocycles. The van der Waals surface area contributed by atoms with Crippen molar-refractivity contribution in [1.29, 1.82) is 0 Å². The van der Waals surface area contributed by atoms with Gasteiger partial charge in [0.1, 0.15) is 0 Å². The third-order valence-electron chi connectivity index (χ3n) is 4.37. The van der Waals surface area contributed by atoms with E-state index in [0.29, 0.717) is 11.5 Å². The molecule has 1 aliphatic rings. The molecule has 0 aliphatic carbocycles. The summed E-state index contributed by atoms with van der Waals surface area (Å²) in [4.78, 5) is 12.8. The predicted octanol–water partition coefficient (Wildman–Crippen LogP) is 3.29. The number of anilines is 1. The third-order valence-corrected chi connectivity index (χ3v) is 4.37. The Hall–Kier alpha value is -2.29. The maximum Gasteiger partial charge on any atom is 0.0645 e. The minimum Gasteiger partial charge on any atom is -0.545 e. The Labute approximate surface area is 138 Å². The second kappa shape index (κ2) is 7.32. The van der Waals surface area contributed by atoms with Crippen LogP contribution in [0.25, 0.3) is 5.57 Å². The van der Waals surface area contributed by atoms with Crippen LogP contribution in [0, 0.1) is 0 Å². The quantitative estimate of drug-likeness (QED) is 0.633. The second-order valence-corrected chi connectivity index (χ2v) is 6.30. The van der Waals surface area contributed by atoms with Crippen molar-refractivity contribution in [3.05, 3.63) is 59.2 Å². The van der Waals surface area contributed by atoms with Gasteiger partial charge in [-0.2, -0.15) is 0 Å². The molecule has 122 valence electrons. The third kappa shape index (κ3) is 4.35. The average Bonchev–Trinajstić information content (AvgIpc) is 2.50. The Morgan fingerprint density at radius 2 is 2.09 bits per heavy atom. The molecule has 1 atom stereocenters. The standard InChI is InChI=1S/C20H25NO2/c1-14(12-20(22)23)6-5-7-15(2)17-8-9-19-18(13-17)16(3)10-11-21(19)4/h5-9,12-13,16H,10-11H2,1-4H3,(H,22,23)/p-1/b6-5+,14-12+,15-7+. The lowest BCUT2D eigenvalue weighted by atomic mass is 9.89. The van der Waals surface area contributed by atoms with Crippen molar-refractivity contribution in [2.24, 2.45) is 0 Å². The molecule has 1 heterocycles. The van der Waals surface area contributed by atoms with Crippen LogP contribution in [-0.4, -0.2) is 19.6 Å². The van der Waals surface area contributed by atoms with Crippen LogP contribution in [0.1, 0.15) is 44.2 Å². The van der Waals surface area contributed by atoms with Gasteiger partial charge < -0.3 is 14.8 Å². The molecular formula is C20H24NO2-. The van der Waals surface area contributed by atoms with Crippen LogP contribution in [-0.2, 0) is 4.79 Å². The van der Waals surface area contributed by atoms with Crippen LogP contribution in [0.5, 0.6) is 0 Å². The van der Waals surface area contributed by atoms with Gasteiger partial charge in [0.2, 0.25) is 0 Å². The first-order valence-electron chi connectivity index (χ1n) is 7.98. The van der Waals surface area contributed by atoms with E-state index in [1.165, 1.54) is 23.2 Å². The van der Waals surface area contributed by atoms with Gasteiger partial charge in [-0.25, -0.2) is 0 Å². The first kappa shape index (κ1) is 17.1. The van der Waals surface area contributed by atoms with Gasteiger partial charge in [0.05, 0.1) is 5.97 Å². The van der Waals surface area contributed by atoms with Crippen LogP contribution >= 0.6 is 0 Å². The maximum absolute atomic E-state index is 10.5. The summed E-state index contributed by atoms with van der Waals surface area (Å²) in [6.07, 6.45) is 7.93. The van der Waals surface area contributed by atoms with E-state index in [1.54, 1.807) is 13.0 Å². The van der Waals surface area contributed by atoms with E-state index in [1.807, 2.05) is 12.2 Å². The Morgan fingerprint density at radius 1 is 1.35 bits per heavy atom. The highest BCUT2D eigenvalue weighted by Crippen LogP contribution is 2.35. The van der Waals surface area contributed by atoms with E-state index in [2.05, 4.69) is 44.0 Å². The Morgan fingerprint density at radius 3 is 2.78 bits per heavy atom. The SMILES string of the molecule is CC(/C=C/C=C(\C)c1ccc2c(c1)C(C)CCN2C)=C\C(=O)[O-]. The largest absolute Gasteiger partial charge is 0.545 e. The van der Waals surface area contributed by atoms with Crippen LogP contribution in [0.3, 0.4) is 0 Å². The number of fused-ring (bicyclic) bond motifs is 1. The monoisotopic (exact) mass is 310 g/mol. The van der Waals surface area contributed by atoms with Gasteiger partial charge >= 0.3 is 0 Å². The highest BCUT2D eigenvalue weighted by Gasteiger charge is 2.19. The molecule has 0 radical (unpaired) electrons. The molecular weight excluding hydrogens is 286 g/mol. The highest BCUT2D eigenvalue weighted by molar-refractivity contribution is 5.79. The van der Waals surface area contributed by atoms with Crippen molar-refractivity contribution >= 4 is 17.2 Å². The number of carboxylic acids is 1. The second-order valence-electron chi connectivity index (χ2n) is 6.30. The zero-order valence-corrected chi connectivity index (χ0v) is 14.3. The average molecular weight is 310 g/mol. The number of aliphatic carboxylic acids is 1. The number of hydrogen-bond acceptors (Lipinski definition) is 3. The number of carboxylic acid groups (broad SMARTS) is 1. The predicted molar refractivity (Wildman–Crippen MR) is 94.3 cm³/mol. The number of rotatable bonds is 4. The molecule has 23 heavy (non-hydrogen) atoms. The van der Waals surface area contributed by atoms with Crippen LogP contribution in [0.15, 0.2) is 48.1 Å². The number of benzene rings is 1. The molecule has 0 bridgehead atoms. The molecule has 3 heteroatoms. The number of allylic oxidation sites excluding steroid dienone is 5. The molecule has 0 N–H and O–H groups in total. The minimum absolute atomic E-state index is 0.581. The summed E-state index contributed by atoms with van der Waals surface area (Å²) in [5.41, 5.74) is 5.75. The maximum atomic E-state index is 10.5. The van der Waals surface area contributed by atoms with E-state index >= 15 is 0 Å².